The van der Waals surface area contributed by atoms with Crippen LogP contribution >= 0.6 is 0 Å². The van der Waals surface area contributed by atoms with Gasteiger partial charge in [-0.1, -0.05) is 6.92 Å². The summed E-state index contributed by atoms with van der Waals surface area (Å²) in [6.45, 7) is 7.46. The normalized spacial score (nSPS) is 25.3. The molecule has 140 valence electrons. The van der Waals surface area contributed by atoms with Gasteiger partial charge in [0.15, 0.2) is 0 Å². The highest BCUT2D eigenvalue weighted by Gasteiger charge is 2.28. The Hall–Kier alpha value is -2.13. The van der Waals surface area contributed by atoms with Gasteiger partial charge in [-0.3, -0.25) is 9.69 Å². The quantitative estimate of drug-likeness (QED) is 0.896. The summed E-state index contributed by atoms with van der Waals surface area (Å²) in [7, 11) is 0. The Bertz CT molecular complexity index is 654. The third-order valence-electron chi connectivity index (χ3n) is 5.81. The van der Waals surface area contributed by atoms with E-state index in [1.165, 1.54) is 12.8 Å². The minimum absolute atomic E-state index is 0.115. The van der Waals surface area contributed by atoms with Gasteiger partial charge in [-0.15, -0.1) is 0 Å². The third-order valence-corrected chi connectivity index (χ3v) is 5.81. The molecule has 1 aromatic heterocycles. The largest absolute Gasteiger partial charge is 0.353 e. The van der Waals surface area contributed by atoms with Gasteiger partial charge in [0.05, 0.1) is 11.6 Å². The second kappa shape index (κ2) is 8.50. The fraction of sp³-hybridized carbons (Fsp3) is 0.650. The lowest BCUT2D eigenvalue weighted by Gasteiger charge is -2.38. The first-order valence-corrected chi connectivity index (χ1v) is 9.73. The van der Waals surface area contributed by atoms with Crippen molar-refractivity contribution in [1.29, 1.82) is 5.26 Å². The van der Waals surface area contributed by atoms with Crippen molar-refractivity contribution in [2.45, 2.75) is 51.6 Å². The van der Waals surface area contributed by atoms with Crippen molar-refractivity contribution in [2.75, 3.05) is 31.1 Å². The van der Waals surface area contributed by atoms with E-state index in [-0.39, 0.29) is 11.9 Å². The van der Waals surface area contributed by atoms with E-state index in [0.717, 1.165) is 50.8 Å². The molecule has 1 saturated heterocycles. The van der Waals surface area contributed by atoms with Crippen molar-refractivity contribution in [3.05, 3.63) is 23.9 Å². The molecule has 1 atom stereocenters. The Kier molecular flexibility index (Phi) is 6.10. The molecule has 1 N–H and O–H groups in total. The summed E-state index contributed by atoms with van der Waals surface area (Å²) in [5.74, 6) is 1.69. The molecule has 1 amide bonds. The molecule has 6 heteroatoms. The Morgan fingerprint density at radius 1 is 1.27 bits per heavy atom. The van der Waals surface area contributed by atoms with Gasteiger partial charge in [0.1, 0.15) is 11.9 Å². The number of anilines is 1. The molecule has 2 heterocycles. The highest BCUT2D eigenvalue weighted by Crippen LogP contribution is 2.24. The summed E-state index contributed by atoms with van der Waals surface area (Å²) in [4.78, 5) is 21.4. The van der Waals surface area contributed by atoms with E-state index < -0.39 is 0 Å². The first kappa shape index (κ1) is 18.7. The molecule has 0 aromatic carbocycles. The van der Waals surface area contributed by atoms with Crippen molar-refractivity contribution >= 4 is 11.7 Å². The molecular formula is C20H29N5O. The maximum atomic E-state index is 12.6. The van der Waals surface area contributed by atoms with Gasteiger partial charge in [0, 0.05) is 38.4 Å². The van der Waals surface area contributed by atoms with Gasteiger partial charge >= 0.3 is 0 Å². The van der Waals surface area contributed by atoms with E-state index in [4.69, 9.17) is 0 Å². The van der Waals surface area contributed by atoms with E-state index >= 15 is 0 Å². The smallest absolute Gasteiger partial charge is 0.237 e. The Labute approximate surface area is 156 Å². The predicted molar refractivity (Wildman–Crippen MR) is 102 cm³/mol. The number of hydrogen-bond acceptors (Lipinski definition) is 5. The summed E-state index contributed by atoms with van der Waals surface area (Å²) in [6.07, 6.45) is 6.35. The van der Waals surface area contributed by atoms with Gasteiger partial charge in [0.2, 0.25) is 5.91 Å². The van der Waals surface area contributed by atoms with E-state index in [0.29, 0.717) is 11.6 Å². The maximum Gasteiger partial charge on any atom is 0.237 e. The summed E-state index contributed by atoms with van der Waals surface area (Å²) >= 11 is 0. The first-order chi connectivity index (χ1) is 12.6. The summed E-state index contributed by atoms with van der Waals surface area (Å²) in [5.41, 5.74) is 0.610. The predicted octanol–water partition coefficient (Wildman–Crippen LogP) is 2.16. The minimum atomic E-state index is -0.115. The second-order valence-corrected chi connectivity index (χ2v) is 7.65. The van der Waals surface area contributed by atoms with E-state index in [9.17, 15) is 10.1 Å². The molecule has 1 aliphatic heterocycles. The minimum Gasteiger partial charge on any atom is -0.353 e. The lowest BCUT2D eigenvalue weighted by molar-refractivity contribution is -0.127. The van der Waals surface area contributed by atoms with Crippen LogP contribution in [0, 0.1) is 17.2 Å². The van der Waals surface area contributed by atoms with Crippen LogP contribution in [0.15, 0.2) is 18.3 Å². The van der Waals surface area contributed by atoms with E-state index in [1.807, 2.05) is 6.92 Å². The summed E-state index contributed by atoms with van der Waals surface area (Å²) in [5, 5.41) is 12.5. The van der Waals surface area contributed by atoms with Crippen LogP contribution in [0.1, 0.15) is 45.1 Å². The molecule has 26 heavy (non-hydrogen) atoms. The van der Waals surface area contributed by atoms with Gasteiger partial charge in [-0.25, -0.2) is 4.98 Å². The first-order valence-electron chi connectivity index (χ1n) is 9.73. The highest BCUT2D eigenvalue weighted by atomic mass is 16.2. The Balaban J connectivity index is 1.51. The zero-order chi connectivity index (χ0) is 18.5. The number of pyridine rings is 1. The fourth-order valence-electron chi connectivity index (χ4n) is 3.95. The Morgan fingerprint density at radius 3 is 2.62 bits per heavy atom. The van der Waals surface area contributed by atoms with Crippen LogP contribution in [0.2, 0.25) is 0 Å². The summed E-state index contributed by atoms with van der Waals surface area (Å²) < 4.78 is 0. The molecule has 2 fully saturated rings. The molecule has 6 nitrogen and oxygen atoms in total. The molecule has 0 bridgehead atoms. The highest BCUT2D eigenvalue weighted by molar-refractivity contribution is 5.81. The molecule has 1 saturated carbocycles. The lowest BCUT2D eigenvalue weighted by atomic mass is 9.87. The number of nitriles is 1. The topological polar surface area (TPSA) is 72.3 Å². The fourth-order valence-corrected chi connectivity index (χ4v) is 3.95. The second-order valence-electron chi connectivity index (χ2n) is 7.65. The summed E-state index contributed by atoms with van der Waals surface area (Å²) in [6, 6.07) is 6.03. The van der Waals surface area contributed by atoms with Crippen LogP contribution < -0.4 is 10.2 Å². The number of carbonyl (C=O) groups is 1. The SMILES string of the molecule is CC1CCC(NC(=O)C(C)N2CCN(c3ncccc3C#N)CC2)CC1. The molecule has 1 unspecified atom stereocenters. The van der Waals surface area contributed by atoms with Crippen LogP contribution in [-0.2, 0) is 4.79 Å². The molecule has 3 rings (SSSR count). The molecular weight excluding hydrogens is 326 g/mol. The van der Waals surface area contributed by atoms with Crippen molar-refractivity contribution < 1.29 is 4.79 Å². The molecule has 0 spiro atoms. The van der Waals surface area contributed by atoms with Crippen molar-refractivity contribution in [1.82, 2.24) is 15.2 Å². The van der Waals surface area contributed by atoms with Crippen molar-refractivity contribution in [3.8, 4) is 6.07 Å². The third kappa shape index (κ3) is 4.34. The van der Waals surface area contributed by atoms with Crippen LogP contribution in [0.4, 0.5) is 5.82 Å². The van der Waals surface area contributed by atoms with E-state index in [2.05, 4.69) is 33.1 Å². The lowest BCUT2D eigenvalue weighted by Crippen LogP contribution is -2.55. The standard InChI is InChI=1S/C20H29N5O/c1-15-5-7-18(8-6-15)23-20(26)16(2)24-10-12-25(13-11-24)19-17(14-21)4-3-9-22-19/h3-4,9,15-16,18H,5-8,10-13H2,1-2H3,(H,23,26). The number of nitrogens with zero attached hydrogens (tertiary/aromatic N) is 4. The molecule has 0 radical (unpaired) electrons. The van der Waals surface area contributed by atoms with Gasteiger partial charge in [-0.05, 0) is 50.7 Å². The van der Waals surface area contributed by atoms with Gasteiger partial charge in [-0.2, -0.15) is 5.26 Å². The van der Waals surface area contributed by atoms with Crippen LogP contribution in [0.25, 0.3) is 0 Å². The average molecular weight is 355 g/mol. The van der Waals surface area contributed by atoms with Crippen LogP contribution in [-0.4, -0.2) is 54.1 Å². The van der Waals surface area contributed by atoms with E-state index in [1.54, 1.807) is 18.3 Å². The van der Waals surface area contributed by atoms with Crippen molar-refractivity contribution in [3.63, 3.8) is 0 Å². The number of carbonyl (C=O) groups excluding carboxylic acids is 1. The van der Waals surface area contributed by atoms with Gasteiger partial charge in [0.25, 0.3) is 0 Å². The number of piperazine rings is 1. The zero-order valence-corrected chi connectivity index (χ0v) is 15.8. The van der Waals surface area contributed by atoms with Gasteiger partial charge < -0.3 is 10.2 Å². The number of rotatable bonds is 4. The van der Waals surface area contributed by atoms with Crippen LogP contribution in [0.3, 0.4) is 0 Å². The molecule has 2 aliphatic rings. The number of hydrogen-bond donors (Lipinski definition) is 1. The number of nitrogens with one attached hydrogen (secondary N) is 1. The number of aromatic nitrogens is 1. The average Bonchev–Trinajstić information content (AvgIpc) is 2.69. The maximum absolute atomic E-state index is 12.6. The van der Waals surface area contributed by atoms with Crippen LogP contribution in [0.5, 0.6) is 0 Å². The zero-order valence-electron chi connectivity index (χ0n) is 15.8. The monoisotopic (exact) mass is 355 g/mol. The van der Waals surface area contributed by atoms with Crippen molar-refractivity contribution in [2.24, 2.45) is 5.92 Å². The number of amides is 1. The Morgan fingerprint density at radius 2 is 1.96 bits per heavy atom. The molecule has 1 aromatic rings. The molecule has 1 aliphatic carbocycles.